The molecule has 0 fully saturated rings. The van der Waals surface area contributed by atoms with Gasteiger partial charge in [0.2, 0.25) is 0 Å². The topological polar surface area (TPSA) is 0 Å². The fourth-order valence-corrected chi connectivity index (χ4v) is 0. The van der Waals surface area contributed by atoms with Gasteiger partial charge in [-0.15, -0.1) is 0 Å². The van der Waals surface area contributed by atoms with Gasteiger partial charge >= 0.3 is 64.7 Å². The predicted octanol–water partition coefficient (Wildman–Crippen LogP) is -13.1. The predicted molar refractivity (Wildman–Crippen MR) is 17.3 cm³/mol. The van der Waals surface area contributed by atoms with Crippen LogP contribution < -0.4 is 18.8 Å². The third-order valence-corrected chi connectivity index (χ3v) is 0. The molecule has 0 N–H and O–H groups in total. The van der Waals surface area contributed by atoms with Crippen LogP contribution in [0.4, 0.5) is 0 Å². The summed E-state index contributed by atoms with van der Waals surface area (Å²) in [5, 5.41) is 0. The molecule has 0 saturated carbocycles. The molecule has 0 unspecified atom stereocenters. The molecule has 0 spiro atoms. The maximum atomic E-state index is 0. The first kappa shape index (κ1) is 174. The summed E-state index contributed by atoms with van der Waals surface area (Å²) in [5.74, 6) is 0. The second kappa shape index (κ2) is 117. The third-order valence-electron chi connectivity index (χ3n) is 0. The largest absolute Gasteiger partial charge is 2.00 e. The quantitative estimate of drug-likeness (QED) is 0.232. The third kappa shape index (κ3) is 84.6. The van der Waals surface area contributed by atoms with Crippen molar-refractivity contribution in [3.63, 3.8) is 0 Å². The fraction of sp³-hybridized carbons (Fsp3) is 0. The molecule has 0 radical (unpaired) electrons. The SMILES string of the molecule is [Be+2].[F-].[F-].[F-].[F-].[Tl+].[Tl+]. The molecule has 7 heavy (non-hydrogen) atoms. The molecule has 0 aliphatic rings. The maximum Gasteiger partial charge on any atom is 2.00 e. The van der Waals surface area contributed by atoms with Crippen molar-refractivity contribution >= 4 is 64.7 Å². The first-order chi connectivity index (χ1) is 0. The summed E-state index contributed by atoms with van der Waals surface area (Å²) in [6, 6.07) is 0. The van der Waals surface area contributed by atoms with E-state index in [9.17, 15) is 0 Å². The fourth-order valence-electron chi connectivity index (χ4n) is 0. The zero-order valence-corrected chi connectivity index (χ0v) is 12.4. The Morgan fingerprint density at radius 3 is 0.429 bits per heavy atom. The Morgan fingerprint density at radius 1 is 0.429 bits per heavy atom. The van der Waals surface area contributed by atoms with Crippen molar-refractivity contribution in [2.75, 3.05) is 0 Å². The minimum Gasteiger partial charge on any atom is -1.00 e. The zero-order valence-electron chi connectivity index (χ0n) is 3.37. The van der Waals surface area contributed by atoms with Crippen LogP contribution in [-0.4, -0.2) is 64.7 Å². The molecule has 36 valence electrons. The van der Waals surface area contributed by atoms with Crippen molar-refractivity contribution in [2.24, 2.45) is 0 Å². The Balaban J connectivity index is 0. The molecule has 0 heterocycles. The maximum absolute atomic E-state index is 0. The van der Waals surface area contributed by atoms with Crippen LogP contribution >= 0.6 is 0 Å². The van der Waals surface area contributed by atoms with Gasteiger partial charge in [-0.25, -0.2) is 0 Å². The van der Waals surface area contributed by atoms with E-state index < -0.39 is 0 Å². The molecule has 7 heteroatoms. The van der Waals surface area contributed by atoms with Crippen LogP contribution in [0, 0.1) is 0 Å². The average Bonchev–Trinajstić information content (AvgIpc) is 0. The number of halogens is 4. The Bertz CT molecular complexity index is 9.65. The van der Waals surface area contributed by atoms with E-state index in [1.807, 2.05) is 0 Å². The number of rotatable bonds is 0. The second-order valence-electron chi connectivity index (χ2n) is 0. The smallest absolute Gasteiger partial charge is 1.00 e. The molecule has 0 aromatic heterocycles. The minimum atomic E-state index is 0. The van der Waals surface area contributed by atoms with Gasteiger partial charge in [0.15, 0.2) is 0 Å². The Labute approximate surface area is 82.8 Å². The van der Waals surface area contributed by atoms with Crippen molar-refractivity contribution in [2.45, 2.75) is 0 Å². The van der Waals surface area contributed by atoms with Crippen LogP contribution in [0.2, 0.25) is 0 Å². The number of hydrogen-bond donors (Lipinski definition) is 0. The van der Waals surface area contributed by atoms with Crippen LogP contribution in [0.25, 0.3) is 0 Å². The summed E-state index contributed by atoms with van der Waals surface area (Å²) in [6.07, 6.45) is 0. The van der Waals surface area contributed by atoms with Gasteiger partial charge in [0.1, 0.15) is 0 Å². The molecular weight excluding hydrogens is 494 g/mol. The summed E-state index contributed by atoms with van der Waals surface area (Å²) < 4.78 is 0. The van der Waals surface area contributed by atoms with E-state index in [4.69, 9.17) is 0 Å². The van der Waals surface area contributed by atoms with Crippen LogP contribution in [0.1, 0.15) is 0 Å². The molecule has 0 nitrogen and oxygen atoms in total. The van der Waals surface area contributed by atoms with Crippen molar-refractivity contribution < 1.29 is 18.8 Å². The molecule has 0 atom stereocenters. The molecule has 0 amide bonds. The van der Waals surface area contributed by atoms with Crippen molar-refractivity contribution in [3.8, 4) is 0 Å². The van der Waals surface area contributed by atoms with Crippen LogP contribution in [0.3, 0.4) is 0 Å². The first-order valence-electron chi connectivity index (χ1n) is 0. The standard InChI is InChI=1S/Be.4FH.2Tl/h;4*1H;;/q+2;;;;;2*+1/p-4. The van der Waals surface area contributed by atoms with E-state index in [2.05, 4.69) is 0 Å². The van der Waals surface area contributed by atoms with E-state index in [1.165, 1.54) is 0 Å². The van der Waals surface area contributed by atoms with E-state index in [-0.39, 0.29) is 83.5 Å². The Morgan fingerprint density at radius 2 is 0.429 bits per heavy atom. The molecule has 0 aromatic carbocycles. The Kier molecular flexibility index (Phi) is 2900. The van der Waals surface area contributed by atoms with Gasteiger partial charge in [0, 0.05) is 0 Å². The van der Waals surface area contributed by atoms with E-state index in [0.717, 1.165) is 0 Å². The van der Waals surface area contributed by atoms with Gasteiger partial charge in [-0.3, -0.25) is 0 Å². The molecular formula is BeF4Tl2. The number of hydrogen-bond acceptors (Lipinski definition) is 0. The summed E-state index contributed by atoms with van der Waals surface area (Å²) in [5.41, 5.74) is 0. The van der Waals surface area contributed by atoms with E-state index in [0.29, 0.717) is 0 Å². The van der Waals surface area contributed by atoms with Gasteiger partial charge < -0.3 is 18.8 Å². The molecule has 0 aliphatic heterocycles. The molecule has 0 bridgehead atoms. The minimum absolute atomic E-state index is 0. The van der Waals surface area contributed by atoms with Crippen molar-refractivity contribution in [1.29, 1.82) is 0 Å². The van der Waals surface area contributed by atoms with Crippen molar-refractivity contribution in [3.05, 3.63) is 0 Å². The van der Waals surface area contributed by atoms with E-state index in [1.54, 1.807) is 0 Å². The summed E-state index contributed by atoms with van der Waals surface area (Å²) in [6.45, 7) is 0. The Hall–Kier alpha value is 1.73. The van der Waals surface area contributed by atoms with Gasteiger partial charge in [0.25, 0.3) is 0 Å². The van der Waals surface area contributed by atoms with Gasteiger partial charge in [0.05, 0.1) is 0 Å². The van der Waals surface area contributed by atoms with E-state index >= 15 is 0 Å². The zero-order chi connectivity index (χ0) is 0. The molecule has 0 aromatic rings. The summed E-state index contributed by atoms with van der Waals surface area (Å²) in [7, 11) is 0. The molecule has 0 rings (SSSR count). The van der Waals surface area contributed by atoms with Crippen LogP contribution in [0.15, 0.2) is 0 Å². The molecule has 0 aliphatic carbocycles. The van der Waals surface area contributed by atoms with Gasteiger partial charge in [-0.1, -0.05) is 0 Å². The van der Waals surface area contributed by atoms with Crippen LogP contribution in [0.5, 0.6) is 0 Å². The van der Waals surface area contributed by atoms with Crippen LogP contribution in [-0.2, 0) is 0 Å². The first-order valence-corrected chi connectivity index (χ1v) is 0. The summed E-state index contributed by atoms with van der Waals surface area (Å²) >= 11 is 0. The van der Waals surface area contributed by atoms with Gasteiger partial charge in [-0.2, -0.15) is 0 Å². The monoisotopic (exact) mass is 495 g/mol. The normalized spacial score (nSPS) is 0. The van der Waals surface area contributed by atoms with Crippen molar-refractivity contribution in [1.82, 2.24) is 0 Å². The van der Waals surface area contributed by atoms with Gasteiger partial charge in [-0.05, 0) is 0 Å². The average molecular weight is 494 g/mol. The summed E-state index contributed by atoms with van der Waals surface area (Å²) in [4.78, 5) is 0. The second-order valence-corrected chi connectivity index (χ2v) is 0. The molecule has 0 saturated heterocycles.